The van der Waals surface area contributed by atoms with E-state index in [0.717, 1.165) is 18.4 Å². The number of carbonyl (C=O) groups excluding carboxylic acids is 1. The molecule has 1 spiro atoms. The van der Waals surface area contributed by atoms with E-state index in [1.807, 2.05) is 19.2 Å². The van der Waals surface area contributed by atoms with E-state index in [0.29, 0.717) is 45.5 Å². The van der Waals surface area contributed by atoms with Crippen molar-refractivity contribution in [3.8, 4) is 0 Å². The highest BCUT2D eigenvalue weighted by atomic mass is 32.2. The van der Waals surface area contributed by atoms with Gasteiger partial charge >= 0.3 is 0 Å². The SMILES string of the molecule is CN(Cc1cccnc1)C(=O)CC1CCOC2(CCN(S(C)(=O)=O)CC2)C1. The molecule has 0 aliphatic carbocycles. The standard InChI is InChI=1S/C19H29N3O4S/c1-21(15-17-4-3-8-20-14-17)18(23)12-16-5-11-26-19(13-16)6-9-22(10-7-19)27(2,24)25/h3-4,8,14,16H,5-7,9-13,15H2,1-2H3. The third kappa shape index (κ3) is 5.27. The molecule has 1 aromatic rings. The summed E-state index contributed by atoms with van der Waals surface area (Å²) in [6.07, 6.45) is 8.39. The highest BCUT2D eigenvalue weighted by molar-refractivity contribution is 7.88. The summed E-state index contributed by atoms with van der Waals surface area (Å²) >= 11 is 0. The molecule has 0 aromatic carbocycles. The molecule has 2 saturated heterocycles. The molecule has 0 saturated carbocycles. The molecule has 1 amide bonds. The van der Waals surface area contributed by atoms with Gasteiger partial charge in [0, 0.05) is 52.1 Å². The van der Waals surface area contributed by atoms with Crippen LogP contribution in [0.15, 0.2) is 24.5 Å². The zero-order valence-corrected chi connectivity index (χ0v) is 17.0. The Bertz CT molecular complexity index is 745. The van der Waals surface area contributed by atoms with Gasteiger partial charge in [-0.2, -0.15) is 0 Å². The lowest BCUT2D eigenvalue weighted by molar-refractivity contribution is -0.139. The number of carbonyl (C=O) groups is 1. The van der Waals surface area contributed by atoms with Crippen molar-refractivity contribution in [2.24, 2.45) is 5.92 Å². The molecule has 3 rings (SSSR count). The Balaban J connectivity index is 1.53. The second-order valence-corrected chi connectivity index (χ2v) is 9.85. The van der Waals surface area contributed by atoms with Gasteiger partial charge in [0.25, 0.3) is 0 Å². The first-order valence-electron chi connectivity index (χ1n) is 9.49. The van der Waals surface area contributed by atoms with Crippen molar-refractivity contribution in [2.75, 3.05) is 33.0 Å². The van der Waals surface area contributed by atoms with Crippen LogP contribution in [-0.2, 0) is 26.1 Å². The Morgan fingerprint density at radius 2 is 2.15 bits per heavy atom. The highest BCUT2D eigenvalue weighted by Crippen LogP contribution is 2.39. The van der Waals surface area contributed by atoms with E-state index in [1.54, 1.807) is 17.3 Å². The Labute approximate surface area is 161 Å². The molecule has 0 N–H and O–H groups in total. The number of pyridine rings is 1. The number of ether oxygens (including phenoxy) is 1. The minimum Gasteiger partial charge on any atom is -0.375 e. The molecule has 7 nitrogen and oxygen atoms in total. The van der Waals surface area contributed by atoms with E-state index < -0.39 is 10.0 Å². The summed E-state index contributed by atoms with van der Waals surface area (Å²) in [6, 6.07) is 3.84. The molecule has 27 heavy (non-hydrogen) atoms. The average molecular weight is 396 g/mol. The molecule has 1 aromatic heterocycles. The predicted octanol–water partition coefficient (Wildman–Crippen LogP) is 1.65. The molecule has 3 heterocycles. The Hall–Kier alpha value is -1.51. The molecular weight excluding hydrogens is 366 g/mol. The van der Waals surface area contributed by atoms with Crippen LogP contribution >= 0.6 is 0 Å². The van der Waals surface area contributed by atoms with Crippen LogP contribution in [0.4, 0.5) is 0 Å². The van der Waals surface area contributed by atoms with Gasteiger partial charge in [0.15, 0.2) is 0 Å². The Kier molecular flexibility index (Phi) is 6.18. The zero-order chi connectivity index (χ0) is 19.5. The van der Waals surface area contributed by atoms with Gasteiger partial charge in [0.2, 0.25) is 15.9 Å². The predicted molar refractivity (Wildman–Crippen MR) is 102 cm³/mol. The van der Waals surface area contributed by atoms with E-state index in [1.165, 1.54) is 10.6 Å². The van der Waals surface area contributed by atoms with Gasteiger partial charge in [0.05, 0.1) is 11.9 Å². The molecule has 2 fully saturated rings. The van der Waals surface area contributed by atoms with Crippen LogP contribution in [-0.4, -0.2) is 67.1 Å². The number of amides is 1. The smallest absolute Gasteiger partial charge is 0.222 e. The summed E-state index contributed by atoms with van der Waals surface area (Å²) in [6.45, 7) is 2.20. The largest absolute Gasteiger partial charge is 0.375 e. The summed E-state index contributed by atoms with van der Waals surface area (Å²) in [7, 11) is -1.31. The minimum absolute atomic E-state index is 0.134. The molecule has 1 atom stereocenters. The fourth-order valence-corrected chi connectivity index (χ4v) is 4.98. The minimum atomic E-state index is -3.14. The lowest BCUT2D eigenvalue weighted by Crippen LogP contribution is -2.50. The van der Waals surface area contributed by atoms with E-state index >= 15 is 0 Å². The van der Waals surface area contributed by atoms with E-state index in [4.69, 9.17) is 4.74 Å². The van der Waals surface area contributed by atoms with Crippen LogP contribution in [0.5, 0.6) is 0 Å². The molecule has 1 unspecified atom stereocenters. The molecule has 0 bridgehead atoms. The molecule has 0 radical (unpaired) electrons. The second-order valence-electron chi connectivity index (χ2n) is 7.87. The highest BCUT2D eigenvalue weighted by Gasteiger charge is 2.42. The van der Waals surface area contributed by atoms with E-state index in [-0.39, 0.29) is 17.4 Å². The quantitative estimate of drug-likeness (QED) is 0.757. The maximum absolute atomic E-state index is 12.6. The van der Waals surface area contributed by atoms with Crippen LogP contribution in [0.25, 0.3) is 0 Å². The van der Waals surface area contributed by atoms with Gasteiger partial charge in [-0.05, 0) is 43.2 Å². The fraction of sp³-hybridized carbons (Fsp3) is 0.684. The van der Waals surface area contributed by atoms with Crippen molar-refractivity contribution in [3.05, 3.63) is 30.1 Å². The van der Waals surface area contributed by atoms with Crippen LogP contribution in [0.2, 0.25) is 0 Å². The first-order chi connectivity index (χ1) is 12.8. The number of rotatable bonds is 5. The Morgan fingerprint density at radius 1 is 1.41 bits per heavy atom. The summed E-state index contributed by atoms with van der Waals surface area (Å²) in [5.74, 6) is 0.418. The van der Waals surface area contributed by atoms with Crippen LogP contribution < -0.4 is 0 Å². The first-order valence-corrected chi connectivity index (χ1v) is 11.3. The summed E-state index contributed by atoms with van der Waals surface area (Å²) in [5, 5.41) is 0. The van der Waals surface area contributed by atoms with Crippen molar-refractivity contribution in [1.29, 1.82) is 0 Å². The van der Waals surface area contributed by atoms with Gasteiger partial charge in [-0.25, -0.2) is 12.7 Å². The van der Waals surface area contributed by atoms with Crippen molar-refractivity contribution < 1.29 is 17.9 Å². The second kappa shape index (κ2) is 8.24. The number of piperidine rings is 1. The fourth-order valence-electron chi connectivity index (χ4n) is 4.13. The van der Waals surface area contributed by atoms with Crippen LogP contribution in [0.1, 0.15) is 37.7 Å². The van der Waals surface area contributed by atoms with Gasteiger partial charge in [-0.3, -0.25) is 9.78 Å². The first kappa shape index (κ1) is 20.2. The topological polar surface area (TPSA) is 79.8 Å². The monoisotopic (exact) mass is 395 g/mol. The van der Waals surface area contributed by atoms with Gasteiger partial charge < -0.3 is 9.64 Å². The third-order valence-corrected chi connectivity index (χ3v) is 7.03. The number of hydrogen-bond acceptors (Lipinski definition) is 5. The number of sulfonamides is 1. The van der Waals surface area contributed by atoms with Gasteiger partial charge in [-0.15, -0.1) is 0 Å². The maximum atomic E-state index is 12.6. The molecule has 2 aliphatic heterocycles. The van der Waals surface area contributed by atoms with Crippen molar-refractivity contribution in [3.63, 3.8) is 0 Å². The lowest BCUT2D eigenvalue weighted by Gasteiger charge is -2.45. The van der Waals surface area contributed by atoms with Crippen LogP contribution in [0.3, 0.4) is 0 Å². The van der Waals surface area contributed by atoms with Crippen molar-refractivity contribution in [2.45, 2.75) is 44.2 Å². The maximum Gasteiger partial charge on any atom is 0.222 e. The Morgan fingerprint density at radius 3 is 2.78 bits per heavy atom. The molecule has 150 valence electrons. The molecular formula is C19H29N3O4S. The van der Waals surface area contributed by atoms with Gasteiger partial charge in [0.1, 0.15) is 0 Å². The number of hydrogen-bond donors (Lipinski definition) is 0. The zero-order valence-electron chi connectivity index (χ0n) is 16.1. The molecule has 8 heteroatoms. The number of nitrogens with zero attached hydrogens (tertiary/aromatic N) is 3. The summed E-state index contributed by atoms with van der Waals surface area (Å²) < 4.78 is 31.1. The summed E-state index contributed by atoms with van der Waals surface area (Å²) in [5.41, 5.74) is 0.747. The van der Waals surface area contributed by atoms with Gasteiger partial charge in [-0.1, -0.05) is 6.07 Å². The lowest BCUT2D eigenvalue weighted by atomic mass is 9.78. The average Bonchev–Trinajstić information content (AvgIpc) is 2.62. The van der Waals surface area contributed by atoms with E-state index in [2.05, 4.69) is 4.98 Å². The number of aromatic nitrogens is 1. The van der Waals surface area contributed by atoms with E-state index in [9.17, 15) is 13.2 Å². The van der Waals surface area contributed by atoms with Crippen molar-refractivity contribution >= 4 is 15.9 Å². The summed E-state index contributed by atoms with van der Waals surface area (Å²) in [4.78, 5) is 18.5. The third-order valence-electron chi connectivity index (χ3n) is 5.73. The van der Waals surface area contributed by atoms with Crippen LogP contribution in [0, 0.1) is 5.92 Å². The normalized spacial score (nSPS) is 23.3. The van der Waals surface area contributed by atoms with Crippen molar-refractivity contribution in [1.82, 2.24) is 14.2 Å². The molecule has 2 aliphatic rings.